The highest BCUT2D eigenvalue weighted by Crippen LogP contribution is 2.28. The van der Waals surface area contributed by atoms with Gasteiger partial charge < -0.3 is 15.8 Å². The van der Waals surface area contributed by atoms with Crippen molar-refractivity contribution in [1.29, 1.82) is 0 Å². The predicted octanol–water partition coefficient (Wildman–Crippen LogP) is 2.35. The van der Waals surface area contributed by atoms with Crippen molar-refractivity contribution in [3.8, 4) is 5.75 Å². The predicted molar refractivity (Wildman–Crippen MR) is 68.1 cm³/mol. The number of ether oxygens (including phenoxy) is 1. The first-order chi connectivity index (χ1) is 7.69. The van der Waals surface area contributed by atoms with E-state index in [4.69, 9.17) is 22.1 Å². The number of benzene rings is 1. The number of methoxy groups -OCH3 is 1. The monoisotopic (exact) mass is 242 g/mol. The van der Waals surface area contributed by atoms with Gasteiger partial charge in [0.1, 0.15) is 5.75 Å². The van der Waals surface area contributed by atoms with Crippen LogP contribution in [0.2, 0.25) is 5.02 Å². The van der Waals surface area contributed by atoms with Gasteiger partial charge >= 0.3 is 0 Å². The van der Waals surface area contributed by atoms with Gasteiger partial charge in [-0.3, -0.25) is 0 Å². The van der Waals surface area contributed by atoms with Crippen LogP contribution in [0, 0.1) is 0 Å². The maximum absolute atomic E-state index is 6.07. The number of rotatable bonds is 6. The van der Waals surface area contributed by atoms with Crippen molar-refractivity contribution >= 4 is 11.6 Å². The fourth-order valence-corrected chi connectivity index (χ4v) is 1.84. The molecule has 3 nitrogen and oxygen atoms in total. The summed E-state index contributed by atoms with van der Waals surface area (Å²) in [6, 6.07) is 5.74. The molecule has 4 heteroatoms. The summed E-state index contributed by atoms with van der Waals surface area (Å²) >= 11 is 6.04. The van der Waals surface area contributed by atoms with Crippen LogP contribution in [-0.4, -0.2) is 20.7 Å². The molecular formula is C12H19ClN2O. The molecule has 1 rings (SSSR count). The minimum atomic E-state index is 0.0387. The third-order valence-electron chi connectivity index (χ3n) is 2.55. The van der Waals surface area contributed by atoms with Gasteiger partial charge in [0, 0.05) is 6.04 Å². The summed E-state index contributed by atoms with van der Waals surface area (Å²) in [4.78, 5) is 0. The van der Waals surface area contributed by atoms with E-state index in [0.29, 0.717) is 10.8 Å². The van der Waals surface area contributed by atoms with E-state index in [1.54, 1.807) is 7.11 Å². The Morgan fingerprint density at radius 3 is 2.81 bits per heavy atom. The maximum atomic E-state index is 6.07. The Labute approximate surface area is 102 Å². The van der Waals surface area contributed by atoms with Crippen LogP contribution in [0.15, 0.2) is 18.2 Å². The highest BCUT2D eigenvalue weighted by atomic mass is 35.5. The van der Waals surface area contributed by atoms with Crippen molar-refractivity contribution in [3.63, 3.8) is 0 Å². The molecular weight excluding hydrogens is 224 g/mol. The van der Waals surface area contributed by atoms with Crippen molar-refractivity contribution in [2.24, 2.45) is 5.73 Å². The number of hydrogen-bond donors (Lipinski definition) is 2. The number of hydrogen-bond acceptors (Lipinski definition) is 3. The number of nitrogens with two attached hydrogens (primary N) is 1. The first-order valence-electron chi connectivity index (χ1n) is 5.42. The molecule has 1 aromatic rings. The standard InChI is InChI=1S/C12H19ClN2O/c1-15-7-3-4-11(14)9-5-6-12(16-2)10(13)8-9/h5-6,8,11,15H,3-4,7,14H2,1-2H3. The van der Waals surface area contributed by atoms with E-state index < -0.39 is 0 Å². The smallest absolute Gasteiger partial charge is 0.137 e. The molecule has 0 spiro atoms. The van der Waals surface area contributed by atoms with E-state index in [-0.39, 0.29) is 6.04 Å². The van der Waals surface area contributed by atoms with Crippen LogP contribution in [0.1, 0.15) is 24.4 Å². The van der Waals surface area contributed by atoms with Gasteiger partial charge in [0.25, 0.3) is 0 Å². The molecule has 1 unspecified atom stereocenters. The number of halogens is 1. The zero-order valence-electron chi connectivity index (χ0n) is 9.79. The van der Waals surface area contributed by atoms with Gasteiger partial charge in [0.2, 0.25) is 0 Å². The average molecular weight is 243 g/mol. The summed E-state index contributed by atoms with van der Waals surface area (Å²) in [5.74, 6) is 0.688. The lowest BCUT2D eigenvalue weighted by molar-refractivity contribution is 0.414. The Bertz CT molecular complexity index is 331. The molecule has 0 heterocycles. The molecule has 90 valence electrons. The van der Waals surface area contributed by atoms with Crippen LogP contribution in [-0.2, 0) is 0 Å². The summed E-state index contributed by atoms with van der Waals surface area (Å²) in [7, 11) is 3.55. The van der Waals surface area contributed by atoms with Crippen LogP contribution in [0.3, 0.4) is 0 Å². The van der Waals surface area contributed by atoms with E-state index in [1.807, 2.05) is 25.2 Å². The largest absolute Gasteiger partial charge is 0.495 e. The Hall–Kier alpha value is -0.770. The first-order valence-corrected chi connectivity index (χ1v) is 5.80. The molecule has 0 radical (unpaired) electrons. The molecule has 0 aliphatic rings. The molecule has 1 aromatic carbocycles. The third kappa shape index (κ3) is 3.67. The van der Waals surface area contributed by atoms with Crippen LogP contribution in [0.25, 0.3) is 0 Å². The SMILES string of the molecule is CNCCCC(N)c1ccc(OC)c(Cl)c1. The van der Waals surface area contributed by atoms with Gasteiger partial charge in [0.05, 0.1) is 12.1 Å². The lowest BCUT2D eigenvalue weighted by atomic mass is 10.0. The van der Waals surface area contributed by atoms with E-state index in [2.05, 4.69) is 5.32 Å². The maximum Gasteiger partial charge on any atom is 0.137 e. The second kappa shape index (κ2) is 6.74. The fourth-order valence-electron chi connectivity index (χ4n) is 1.58. The summed E-state index contributed by atoms with van der Waals surface area (Å²) < 4.78 is 5.10. The first kappa shape index (κ1) is 13.3. The minimum Gasteiger partial charge on any atom is -0.495 e. The molecule has 0 aliphatic carbocycles. The summed E-state index contributed by atoms with van der Waals surface area (Å²) in [5.41, 5.74) is 7.13. The summed E-state index contributed by atoms with van der Waals surface area (Å²) in [6.07, 6.45) is 2.00. The van der Waals surface area contributed by atoms with Gasteiger partial charge in [0.15, 0.2) is 0 Å². The van der Waals surface area contributed by atoms with E-state index >= 15 is 0 Å². The molecule has 0 aromatic heterocycles. The Kier molecular flexibility index (Phi) is 5.60. The Morgan fingerprint density at radius 1 is 1.50 bits per heavy atom. The number of nitrogens with one attached hydrogen (secondary N) is 1. The van der Waals surface area contributed by atoms with Gasteiger partial charge in [-0.25, -0.2) is 0 Å². The van der Waals surface area contributed by atoms with Crippen molar-refractivity contribution in [1.82, 2.24) is 5.32 Å². The molecule has 0 fully saturated rings. The highest BCUT2D eigenvalue weighted by molar-refractivity contribution is 6.32. The molecule has 0 aliphatic heterocycles. The molecule has 3 N–H and O–H groups in total. The molecule has 0 saturated heterocycles. The normalized spacial score (nSPS) is 12.5. The van der Waals surface area contributed by atoms with Gasteiger partial charge in [-0.15, -0.1) is 0 Å². The lowest BCUT2D eigenvalue weighted by Crippen LogP contribution is -2.14. The minimum absolute atomic E-state index is 0.0387. The topological polar surface area (TPSA) is 47.3 Å². The lowest BCUT2D eigenvalue weighted by Gasteiger charge is -2.13. The van der Waals surface area contributed by atoms with Crippen LogP contribution in [0.4, 0.5) is 0 Å². The summed E-state index contributed by atoms with van der Waals surface area (Å²) in [6.45, 7) is 0.984. The van der Waals surface area contributed by atoms with Crippen molar-refractivity contribution in [2.45, 2.75) is 18.9 Å². The van der Waals surface area contributed by atoms with Crippen molar-refractivity contribution < 1.29 is 4.74 Å². The zero-order chi connectivity index (χ0) is 12.0. The second-order valence-electron chi connectivity index (χ2n) is 3.75. The van der Waals surface area contributed by atoms with Crippen molar-refractivity contribution in [3.05, 3.63) is 28.8 Å². The van der Waals surface area contributed by atoms with Crippen LogP contribution in [0.5, 0.6) is 5.75 Å². The van der Waals surface area contributed by atoms with Crippen molar-refractivity contribution in [2.75, 3.05) is 20.7 Å². The van der Waals surface area contributed by atoms with E-state index in [9.17, 15) is 0 Å². The third-order valence-corrected chi connectivity index (χ3v) is 2.84. The summed E-state index contributed by atoms with van der Waals surface area (Å²) in [5, 5.41) is 3.72. The van der Waals surface area contributed by atoms with Crippen LogP contribution >= 0.6 is 11.6 Å². The van der Waals surface area contributed by atoms with Gasteiger partial charge in [-0.1, -0.05) is 17.7 Å². The highest BCUT2D eigenvalue weighted by Gasteiger charge is 2.08. The van der Waals surface area contributed by atoms with Gasteiger partial charge in [-0.05, 0) is 44.1 Å². The van der Waals surface area contributed by atoms with Crippen LogP contribution < -0.4 is 15.8 Å². The molecule has 0 bridgehead atoms. The van der Waals surface area contributed by atoms with Gasteiger partial charge in [-0.2, -0.15) is 0 Å². The zero-order valence-corrected chi connectivity index (χ0v) is 10.6. The van der Waals surface area contributed by atoms with E-state index in [1.165, 1.54) is 0 Å². The Balaban J connectivity index is 2.62. The fraction of sp³-hybridized carbons (Fsp3) is 0.500. The molecule has 0 saturated carbocycles. The second-order valence-corrected chi connectivity index (χ2v) is 4.15. The quantitative estimate of drug-likeness (QED) is 0.753. The molecule has 16 heavy (non-hydrogen) atoms. The average Bonchev–Trinajstić information content (AvgIpc) is 2.29. The van der Waals surface area contributed by atoms with E-state index in [0.717, 1.165) is 24.9 Å². The molecule has 1 atom stereocenters. The molecule has 0 amide bonds. The Morgan fingerprint density at radius 2 is 2.25 bits per heavy atom.